The molecule has 0 saturated heterocycles. The maximum Gasteiger partial charge on any atom is 1.00 e. The average Bonchev–Trinajstić information content (AvgIpc) is 2.49. The van der Waals surface area contributed by atoms with Crippen LogP contribution in [0.4, 0.5) is 0 Å². The van der Waals surface area contributed by atoms with Crippen molar-refractivity contribution in [3.63, 3.8) is 0 Å². The van der Waals surface area contributed by atoms with Gasteiger partial charge in [0.05, 0.1) is 0 Å². The van der Waals surface area contributed by atoms with Crippen LogP contribution in [0.25, 0.3) is 11.4 Å². The van der Waals surface area contributed by atoms with Crippen molar-refractivity contribution in [2.75, 3.05) is 0 Å². The molecule has 66 valence electrons. The zero-order valence-electron chi connectivity index (χ0n) is 8.01. The van der Waals surface area contributed by atoms with Crippen molar-refractivity contribution < 1.29 is 29.6 Å². The fraction of sp³-hybridized carbons (Fsp3) is 0.125. The van der Waals surface area contributed by atoms with Crippen LogP contribution < -0.4 is 29.6 Å². The van der Waals surface area contributed by atoms with Crippen LogP contribution in [0.2, 0.25) is 0 Å². The molecular weight excluding hydrogens is 207 g/mol. The van der Waals surface area contributed by atoms with E-state index in [0.29, 0.717) is 5.16 Å². The standard InChI is InChI=1S/C8H8N4S.Na/c1-12-7(10-11-8(12)13)6-2-4-9-5-3-6;/h2-5H,1H3,(H,11,13);/q;+1/p-1. The first kappa shape index (κ1) is 11.6. The summed E-state index contributed by atoms with van der Waals surface area (Å²) in [6, 6.07) is 3.75. The number of aromatic nitrogens is 4. The summed E-state index contributed by atoms with van der Waals surface area (Å²) in [6.45, 7) is 0. The van der Waals surface area contributed by atoms with Crippen molar-refractivity contribution in [2.24, 2.45) is 7.05 Å². The zero-order chi connectivity index (χ0) is 9.26. The molecule has 0 aliphatic carbocycles. The predicted octanol–water partition coefficient (Wildman–Crippen LogP) is -2.21. The topological polar surface area (TPSA) is 43.6 Å². The average molecular weight is 214 g/mol. The predicted molar refractivity (Wildman–Crippen MR) is 49.9 cm³/mol. The molecule has 0 aliphatic heterocycles. The summed E-state index contributed by atoms with van der Waals surface area (Å²) >= 11 is 4.95. The minimum absolute atomic E-state index is 0. The van der Waals surface area contributed by atoms with Gasteiger partial charge in [-0.25, -0.2) is 0 Å². The monoisotopic (exact) mass is 214 g/mol. The minimum atomic E-state index is 0. The van der Waals surface area contributed by atoms with Gasteiger partial charge in [-0.05, 0) is 12.1 Å². The second-order valence-electron chi connectivity index (χ2n) is 2.60. The maximum absolute atomic E-state index is 4.95. The van der Waals surface area contributed by atoms with E-state index in [1.807, 2.05) is 19.2 Å². The van der Waals surface area contributed by atoms with Crippen molar-refractivity contribution in [2.45, 2.75) is 5.16 Å². The molecule has 2 aromatic rings. The van der Waals surface area contributed by atoms with Crippen LogP contribution in [0.15, 0.2) is 29.7 Å². The fourth-order valence-corrected chi connectivity index (χ4v) is 1.19. The molecule has 0 unspecified atom stereocenters. The Hall–Kier alpha value is -0.490. The van der Waals surface area contributed by atoms with E-state index in [4.69, 9.17) is 12.6 Å². The Bertz CT molecular complexity index is 415. The van der Waals surface area contributed by atoms with Crippen molar-refractivity contribution in [1.29, 1.82) is 0 Å². The third kappa shape index (κ3) is 2.12. The fourth-order valence-electron chi connectivity index (χ4n) is 1.07. The van der Waals surface area contributed by atoms with Gasteiger partial charge in [0.2, 0.25) is 0 Å². The SMILES string of the molecule is Cn1c([S-])nnc1-c1ccncc1.[Na+]. The molecule has 6 heteroatoms. The minimum Gasteiger partial charge on any atom is -0.740 e. The van der Waals surface area contributed by atoms with Gasteiger partial charge in [0.25, 0.3) is 0 Å². The van der Waals surface area contributed by atoms with Gasteiger partial charge >= 0.3 is 29.6 Å². The van der Waals surface area contributed by atoms with Gasteiger partial charge in [-0.3, -0.25) is 4.98 Å². The number of hydrogen-bond donors (Lipinski definition) is 0. The van der Waals surface area contributed by atoms with Gasteiger partial charge in [-0.2, -0.15) is 5.10 Å². The van der Waals surface area contributed by atoms with Gasteiger partial charge in [-0.1, -0.05) is 0 Å². The molecule has 0 spiro atoms. The summed E-state index contributed by atoms with van der Waals surface area (Å²) in [5.74, 6) is 0.771. The molecule has 0 aromatic carbocycles. The van der Waals surface area contributed by atoms with E-state index in [-0.39, 0.29) is 29.6 Å². The third-order valence-corrected chi connectivity index (χ3v) is 2.13. The first-order chi connectivity index (χ1) is 6.29. The Morgan fingerprint density at radius 1 is 1.21 bits per heavy atom. The molecule has 0 saturated carbocycles. The number of rotatable bonds is 1. The third-order valence-electron chi connectivity index (χ3n) is 1.77. The summed E-state index contributed by atoms with van der Waals surface area (Å²) < 4.78 is 1.77. The first-order valence-electron chi connectivity index (χ1n) is 3.76. The van der Waals surface area contributed by atoms with Crippen LogP contribution >= 0.6 is 0 Å². The smallest absolute Gasteiger partial charge is 0.740 e. The van der Waals surface area contributed by atoms with E-state index in [9.17, 15) is 0 Å². The van der Waals surface area contributed by atoms with Gasteiger partial charge in [0.1, 0.15) is 0 Å². The van der Waals surface area contributed by atoms with Gasteiger partial charge in [0, 0.05) is 30.2 Å². The Labute approximate surface area is 109 Å². The summed E-state index contributed by atoms with van der Waals surface area (Å²) in [4.78, 5) is 3.92. The molecule has 14 heavy (non-hydrogen) atoms. The van der Waals surface area contributed by atoms with E-state index in [2.05, 4.69) is 15.2 Å². The Morgan fingerprint density at radius 3 is 2.36 bits per heavy atom. The van der Waals surface area contributed by atoms with Crippen LogP contribution in [0.3, 0.4) is 0 Å². The molecule has 0 atom stereocenters. The second kappa shape index (κ2) is 4.84. The van der Waals surface area contributed by atoms with Crippen LogP contribution in [0, 0.1) is 0 Å². The van der Waals surface area contributed by atoms with E-state index in [1.54, 1.807) is 17.0 Å². The zero-order valence-corrected chi connectivity index (χ0v) is 10.8. The number of nitrogens with zero attached hydrogens (tertiary/aromatic N) is 4. The van der Waals surface area contributed by atoms with Crippen LogP contribution in [0.5, 0.6) is 0 Å². The first-order valence-corrected chi connectivity index (χ1v) is 4.16. The molecule has 0 fully saturated rings. The van der Waals surface area contributed by atoms with E-state index < -0.39 is 0 Å². The van der Waals surface area contributed by atoms with Gasteiger partial charge < -0.3 is 17.2 Å². The quantitative estimate of drug-likeness (QED) is 0.399. The summed E-state index contributed by atoms with van der Waals surface area (Å²) in [5.41, 5.74) is 0.973. The Kier molecular flexibility index (Phi) is 4.00. The molecule has 2 aromatic heterocycles. The van der Waals surface area contributed by atoms with Crippen molar-refractivity contribution >= 4 is 12.6 Å². The maximum atomic E-state index is 4.95. The summed E-state index contributed by atoms with van der Waals surface area (Å²) in [5, 5.41) is 8.26. The summed E-state index contributed by atoms with van der Waals surface area (Å²) in [7, 11) is 1.85. The van der Waals surface area contributed by atoms with Gasteiger partial charge in [0.15, 0.2) is 5.82 Å². The van der Waals surface area contributed by atoms with Gasteiger partial charge in [-0.15, -0.1) is 5.10 Å². The van der Waals surface area contributed by atoms with Crippen LogP contribution in [-0.2, 0) is 19.7 Å². The van der Waals surface area contributed by atoms with E-state index in [0.717, 1.165) is 11.4 Å². The van der Waals surface area contributed by atoms with Crippen molar-refractivity contribution in [3.8, 4) is 11.4 Å². The van der Waals surface area contributed by atoms with Crippen LogP contribution in [0.1, 0.15) is 0 Å². The number of hydrogen-bond acceptors (Lipinski definition) is 4. The van der Waals surface area contributed by atoms with Crippen molar-refractivity contribution in [1.82, 2.24) is 19.7 Å². The molecule has 4 nitrogen and oxygen atoms in total. The number of pyridine rings is 1. The molecular formula is C8H7N4NaS. The molecule has 2 rings (SSSR count). The second-order valence-corrected chi connectivity index (χ2v) is 2.97. The molecule has 2 heterocycles. The van der Waals surface area contributed by atoms with E-state index in [1.165, 1.54) is 0 Å². The Morgan fingerprint density at radius 2 is 1.86 bits per heavy atom. The van der Waals surface area contributed by atoms with Crippen LogP contribution in [-0.4, -0.2) is 19.7 Å². The molecule has 0 amide bonds. The largest absolute Gasteiger partial charge is 1.00 e. The van der Waals surface area contributed by atoms with Crippen molar-refractivity contribution in [3.05, 3.63) is 24.5 Å². The molecule has 0 bridgehead atoms. The molecule has 0 N–H and O–H groups in total. The summed E-state index contributed by atoms with van der Waals surface area (Å²) in [6.07, 6.45) is 3.43. The Balaban J connectivity index is 0.000000980. The molecule has 0 aliphatic rings. The van der Waals surface area contributed by atoms with E-state index >= 15 is 0 Å². The normalized spacial score (nSPS) is 9.50. The molecule has 0 radical (unpaired) electrons.